The topological polar surface area (TPSA) is 34.2 Å². The van der Waals surface area contributed by atoms with Gasteiger partial charge in [0, 0.05) is 23.9 Å². The third-order valence-electron chi connectivity index (χ3n) is 3.89. The second-order valence-corrected chi connectivity index (χ2v) is 5.62. The quantitative estimate of drug-likeness (QED) is 0.922. The highest BCUT2D eigenvalue weighted by Crippen LogP contribution is 2.33. The Balaban J connectivity index is 2.27. The van der Waals surface area contributed by atoms with Crippen LogP contribution < -0.4 is 5.32 Å². The summed E-state index contributed by atoms with van der Waals surface area (Å²) in [7, 11) is 0. The molecule has 0 aliphatic carbocycles. The van der Waals surface area contributed by atoms with Gasteiger partial charge < -0.3 is 10.1 Å². The molecule has 0 radical (unpaired) electrons. The van der Waals surface area contributed by atoms with E-state index in [2.05, 4.69) is 38.2 Å². The number of hydrogen-bond donors (Lipinski definition) is 1. The molecule has 3 rings (SSSR count). The molecule has 1 aliphatic rings. The van der Waals surface area contributed by atoms with E-state index in [9.17, 15) is 0 Å². The smallest absolute Gasteiger partial charge is 0.0755 e. The van der Waals surface area contributed by atoms with E-state index in [0.717, 1.165) is 31.5 Å². The molecule has 3 nitrogen and oxygen atoms in total. The molecule has 0 unspecified atom stereocenters. The molecule has 3 heteroatoms. The molecular formula is C17H22N2O. The lowest BCUT2D eigenvalue weighted by Crippen LogP contribution is -2.16. The standard InChI is InChI=1S/C17H22N2O/c1-4-6-18-17-13-9-11(2)8-12(3)16(13)19-15-5-7-20-10-14(15)17/h8-9H,4-7,10H2,1-3H3,(H,18,19). The largest absolute Gasteiger partial charge is 0.384 e. The minimum absolute atomic E-state index is 0.678. The van der Waals surface area contributed by atoms with E-state index in [1.165, 1.54) is 33.5 Å². The Morgan fingerprint density at radius 2 is 2.15 bits per heavy atom. The van der Waals surface area contributed by atoms with Crippen molar-refractivity contribution in [3.8, 4) is 0 Å². The van der Waals surface area contributed by atoms with Crippen LogP contribution in [0.1, 0.15) is 35.7 Å². The molecule has 2 aromatic rings. The maximum atomic E-state index is 5.65. The predicted molar refractivity (Wildman–Crippen MR) is 83.4 cm³/mol. The van der Waals surface area contributed by atoms with Gasteiger partial charge in [-0.1, -0.05) is 18.6 Å². The summed E-state index contributed by atoms with van der Waals surface area (Å²) in [5.74, 6) is 0. The number of benzene rings is 1. The van der Waals surface area contributed by atoms with Gasteiger partial charge in [0.05, 0.1) is 30.1 Å². The maximum absolute atomic E-state index is 5.65. The molecule has 0 spiro atoms. The van der Waals surface area contributed by atoms with Gasteiger partial charge in [-0.05, 0) is 31.9 Å². The van der Waals surface area contributed by atoms with E-state index in [1.54, 1.807) is 0 Å². The van der Waals surface area contributed by atoms with Crippen molar-refractivity contribution in [3.63, 3.8) is 0 Å². The normalized spacial score (nSPS) is 14.3. The Morgan fingerprint density at radius 3 is 2.95 bits per heavy atom. The first-order valence-corrected chi connectivity index (χ1v) is 7.45. The first-order valence-electron chi connectivity index (χ1n) is 7.45. The number of rotatable bonds is 3. The molecule has 20 heavy (non-hydrogen) atoms. The average molecular weight is 270 g/mol. The zero-order valence-electron chi connectivity index (χ0n) is 12.5. The van der Waals surface area contributed by atoms with E-state index in [4.69, 9.17) is 9.72 Å². The van der Waals surface area contributed by atoms with Gasteiger partial charge in [0.1, 0.15) is 0 Å². The second kappa shape index (κ2) is 5.41. The van der Waals surface area contributed by atoms with Crippen molar-refractivity contribution >= 4 is 16.6 Å². The van der Waals surface area contributed by atoms with Crippen LogP contribution in [0.2, 0.25) is 0 Å². The number of ether oxygens (including phenoxy) is 1. The fraction of sp³-hybridized carbons (Fsp3) is 0.471. The lowest BCUT2D eigenvalue weighted by atomic mass is 9.99. The fourth-order valence-corrected chi connectivity index (χ4v) is 2.97. The molecule has 1 aromatic heterocycles. The van der Waals surface area contributed by atoms with Crippen LogP contribution in [0.3, 0.4) is 0 Å². The van der Waals surface area contributed by atoms with Crippen LogP contribution in [-0.4, -0.2) is 18.1 Å². The lowest BCUT2D eigenvalue weighted by Gasteiger charge is -2.22. The second-order valence-electron chi connectivity index (χ2n) is 5.62. The van der Waals surface area contributed by atoms with Crippen LogP contribution in [0.4, 0.5) is 5.69 Å². The molecule has 1 aliphatic heterocycles. The summed E-state index contributed by atoms with van der Waals surface area (Å²) in [6, 6.07) is 4.45. The number of nitrogens with zero attached hydrogens (tertiary/aromatic N) is 1. The number of aromatic nitrogens is 1. The van der Waals surface area contributed by atoms with E-state index < -0.39 is 0 Å². The van der Waals surface area contributed by atoms with Crippen molar-refractivity contribution in [3.05, 3.63) is 34.5 Å². The molecule has 0 saturated heterocycles. The SMILES string of the molecule is CCCNc1c2c(nc3c(C)cc(C)cc13)CCOC2. The van der Waals surface area contributed by atoms with E-state index >= 15 is 0 Å². The zero-order valence-corrected chi connectivity index (χ0v) is 12.5. The molecule has 1 N–H and O–H groups in total. The number of anilines is 1. The Hall–Kier alpha value is -1.61. The van der Waals surface area contributed by atoms with Gasteiger partial charge in [0.2, 0.25) is 0 Å². The monoisotopic (exact) mass is 270 g/mol. The first-order chi connectivity index (χ1) is 9.70. The van der Waals surface area contributed by atoms with Crippen LogP contribution in [-0.2, 0) is 17.8 Å². The van der Waals surface area contributed by atoms with Gasteiger partial charge >= 0.3 is 0 Å². The predicted octanol–water partition coefficient (Wildman–Crippen LogP) is 3.75. The summed E-state index contributed by atoms with van der Waals surface area (Å²) in [4.78, 5) is 4.91. The van der Waals surface area contributed by atoms with E-state index in [-0.39, 0.29) is 0 Å². The van der Waals surface area contributed by atoms with Gasteiger partial charge in [-0.3, -0.25) is 4.98 Å². The summed E-state index contributed by atoms with van der Waals surface area (Å²) in [5.41, 5.74) is 7.37. The van der Waals surface area contributed by atoms with Gasteiger partial charge in [0.25, 0.3) is 0 Å². The van der Waals surface area contributed by atoms with Crippen molar-refractivity contribution < 1.29 is 4.74 Å². The molecule has 106 valence electrons. The molecule has 0 atom stereocenters. The van der Waals surface area contributed by atoms with Crippen LogP contribution in [0.15, 0.2) is 12.1 Å². The summed E-state index contributed by atoms with van der Waals surface area (Å²) in [6.45, 7) is 8.93. The summed E-state index contributed by atoms with van der Waals surface area (Å²) in [6.07, 6.45) is 2.03. The number of hydrogen-bond acceptors (Lipinski definition) is 3. The third-order valence-corrected chi connectivity index (χ3v) is 3.89. The van der Waals surface area contributed by atoms with Crippen LogP contribution in [0, 0.1) is 13.8 Å². The average Bonchev–Trinajstić information content (AvgIpc) is 2.44. The minimum Gasteiger partial charge on any atom is -0.384 e. The number of fused-ring (bicyclic) bond motifs is 2. The summed E-state index contributed by atoms with van der Waals surface area (Å²) < 4.78 is 5.65. The number of aryl methyl sites for hydroxylation is 2. The van der Waals surface area contributed by atoms with Crippen molar-refractivity contribution in [2.75, 3.05) is 18.5 Å². The van der Waals surface area contributed by atoms with Gasteiger partial charge in [0.15, 0.2) is 0 Å². The molecular weight excluding hydrogens is 248 g/mol. The molecule has 0 saturated carbocycles. The highest BCUT2D eigenvalue weighted by molar-refractivity contribution is 5.95. The van der Waals surface area contributed by atoms with Crippen LogP contribution in [0.25, 0.3) is 10.9 Å². The Morgan fingerprint density at radius 1 is 1.30 bits per heavy atom. The van der Waals surface area contributed by atoms with Gasteiger partial charge in [-0.15, -0.1) is 0 Å². The van der Waals surface area contributed by atoms with Crippen LogP contribution in [0.5, 0.6) is 0 Å². The summed E-state index contributed by atoms with van der Waals surface area (Å²) in [5, 5.41) is 4.84. The number of nitrogens with one attached hydrogen (secondary N) is 1. The van der Waals surface area contributed by atoms with E-state index in [1.807, 2.05) is 0 Å². The Kier molecular flexibility index (Phi) is 3.62. The number of pyridine rings is 1. The fourth-order valence-electron chi connectivity index (χ4n) is 2.97. The lowest BCUT2D eigenvalue weighted by molar-refractivity contribution is 0.110. The first kappa shape index (κ1) is 13.4. The maximum Gasteiger partial charge on any atom is 0.0755 e. The highest BCUT2D eigenvalue weighted by Gasteiger charge is 2.19. The van der Waals surface area contributed by atoms with Gasteiger partial charge in [-0.25, -0.2) is 0 Å². The molecule has 0 fully saturated rings. The van der Waals surface area contributed by atoms with E-state index in [0.29, 0.717) is 6.61 Å². The molecule has 1 aromatic carbocycles. The van der Waals surface area contributed by atoms with Crippen LogP contribution >= 0.6 is 0 Å². The van der Waals surface area contributed by atoms with Crippen molar-refractivity contribution in [2.24, 2.45) is 0 Å². The molecule has 0 bridgehead atoms. The highest BCUT2D eigenvalue weighted by atomic mass is 16.5. The molecule has 0 amide bonds. The minimum atomic E-state index is 0.678. The van der Waals surface area contributed by atoms with Crippen molar-refractivity contribution in [1.82, 2.24) is 4.98 Å². The zero-order chi connectivity index (χ0) is 14.1. The molecule has 2 heterocycles. The Bertz CT molecular complexity index is 649. The van der Waals surface area contributed by atoms with Crippen molar-refractivity contribution in [2.45, 2.75) is 40.2 Å². The third kappa shape index (κ3) is 2.27. The Labute approximate surface area is 120 Å². The van der Waals surface area contributed by atoms with Gasteiger partial charge in [-0.2, -0.15) is 0 Å². The summed E-state index contributed by atoms with van der Waals surface area (Å²) >= 11 is 0. The van der Waals surface area contributed by atoms with Crippen molar-refractivity contribution in [1.29, 1.82) is 0 Å².